The highest BCUT2D eigenvalue weighted by molar-refractivity contribution is 7.89. The van der Waals surface area contributed by atoms with Crippen LogP contribution < -0.4 is 5.32 Å². The number of piperidine rings is 1. The quantitative estimate of drug-likeness (QED) is 0.847. The van der Waals surface area contributed by atoms with Crippen LogP contribution in [-0.4, -0.2) is 74.6 Å². The first-order valence-electron chi connectivity index (χ1n) is 9.00. The van der Waals surface area contributed by atoms with Crippen molar-refractivity contribution in [3.8, 4) is 0 Å². The fourth-order valence-electron chi connectivity index (χ4n) is 3.31. The fourth-order valence-corrected chi connectivity index (χ4v) is 4.78. The van der Waals surface area contributed by atoms with Crippen LogP contribution in [0.2, 0.25) is 0 Å². The van der Waals surface area contributed by atoms with Gasteiger partial charge in [0.2, 0.25) is 10.0 Å². The lowest BCUT2D eigenvalue weighted by molar-refractivity contribution is -0.0259. The Labute approximate surface area is 150 Å². The van der Waals surface area contributed by atoms with Crippen molar-refractivity contribution >= 4 is 15.8 Å². The van der Waals surface area contributed by atoms with Crippen molar-refractivity contribution in [1.82, 2.24) is 14.2 Å². The summed E-state index contributed by atoms with van der Waals surface area (Å²) >= 11 is 0. The first-order chi connectivity index (χ1) is 12.0. The number of pyridine rings is 1. The third-order valence-corrected chi connectivity index (χ3v) is 6.80. The molecule has 0 saturated carbocycles. The van der Waals surface area contributed by atoms with Crippen LogP contribution in [0.4, 0.5) is 5.82 Å². The van der Waals surface area contributed by atoms with E-state index in [1.807, 2.05) is 0 Å². The van der Waals surface area contributed by atoms with Crippen LogP contribution in [0.1, 0.15) is 26.2 Å². The van der Waals surface area contributed by atoms with Crippen LogP contribution in [0.15, 0.2) is 23.2 Å². The second-order valence-electron chi connectivity index (χ2n) is 6.95. The van der Waals surface area contributed by atoms with E-state index in [1.165, 1.54) is 6.20 Å². The molecule has 7 nitrogen and oxygen atoms in total. The molecule has 8 heteroatoms. The molecule has 1 N–H and O–H groups in total. The van der Waals surface area contributed by atoms with Crippen molar-refractivity contribution in [2.75, 3.05) is 45.2 Å². The number of sulfonamides is 1. The Morgan fingerprint density at radius 3 is 2.64 bits per heavy atom. The standard InChI is InChI=1S/C17H28N4O3S/c1-14(16-13-20(2)10-11-24-16)19-17-7-6-15(12-18-17)25(22,23)21-8-4-3-5-9-21/h6-7,12,14,16H,3-5,8-11,13H2,1-2H3,(H,18,19). The summed E-state index contributed by atoms with van der Waals surface area (Å²) in [4.78, 5) is 6.82. The summed E-state index contributed by atoms with van der Waals surface area (Å²) in [6.07, 6.45) is 4.51. The van der Waals surface area contributed by atoms with Gasteiger partial charge in [-0.15, -0.1) is 0 Å². The first-order valence-corrected chi connectivity index (χ1v) is 10.4. The van der Waals surface area contributed by atoms with Gasteiger partial charge in [0.05, 0.1) is 18.8 Å². The number of ether oxygens (including phenoxy) is 1. The Balaban J connectivity index is 1.63. The first kappa shape index (κ1) is 18.6. The molecule has 2 saturated heterocycles. The molecular weight excluding hydrogens is 340 g/mol. The minimum Gasteiger partial charge on any atom is -0.373 e. The minimum atomic E-state index is -3.42. The largest absolute Gasteiger partial charge is 0.373 e. The summed E-state index contributed by atoms with van der Waals surface area (Å²) in [5.41, 5.74) is 0. The number of hydrogen-bond donors (Lipinski definition) is 1. The molecule has 0 spiro atoms. The third-order valence-electron chi connectivity index (χ3n) is 4.92. The molecule has 3 rings (SSSR count). The Kier molecular flexibility index (Phi) is 5.93. The number of nitrogens with one attached hydrogen (secondary N) is 1. The van der Waals surface area contributed by atoms with Crippen LogP contribution in [0.25, 0.3) is 0 Å². The Hall–Kier alpha value is -1.22. The van der Waals surface area contributed by atoms with Crippen LogP contribution in [0.5, 0.6) is 0 Å². The van der Waals surface area contributed by atoms with E-state index in [-0.39, 0.29) is 17.0 Å². The number of likely N-dealkylation sites (N-methyl/N-ethyl adjacent to an activating group) is 1. The maximum Gasteiger partial charge on any atom is 0.244 e. The van der Waals surface area contributed by atoms with Crippen molar-refractivity contribution in [1.29, 1.82) is 0 Å². The molecule has 2 fully saturated rings. The van der Waals surface area contributed by atoms with E-state index in [4.69, 9.17) is 4.74 Å². The number of aromatic nitrogens is 1. The van der Waals surface area contributed by atoms with E-state index in [2.05, 4.69) is 29.2 Å². The maximum atomic E-state index is 12.6. The highest BCUT2D eigenvalue weighted by atomic mass is 32.2. The van der Waals surface area contributed by atoms with Gasteiger partial charge in [0.25, 0.3) is 0 Å². The second kappa shape index (κ2) is 7.99. The molecule has 2 aliphatic heterocycles. The molecule has 2 atom stereocenters. The molecule has 0 amide bonds. The van der Waals surface area contributed by atoms with Gasteiger partial charge in [0.15, 0.2) is 0 Å². The molecule has 0 aromatic carbocycles. The lowest BCUT2D eigenvalue weighted by Crippen LogP contribution is -2.47. The highest BCUT2D eigenvalue weighted by Gasteiger charge is 2.27. The Morgan fingerprint density at radius 2 is 2.00 bits per heavy atom. The third kappa shape index (κ3) is 4.49. The van der Waals surface area contributed by atoms with Gasteiger partial charge in [-0.3, -0.25) is 0 Å². The van der Waals surface area contributed by atoms with Crippen LogP contribution in [0, 0.1) is 0 Å². The van der Waals surface area contributed by atoms with Crippen molar-refractivity contribution in [2.45, 2.75) is 43.2 Å². The molecule has 0 aliphatic carbocycles. The average Bonchev–Trinajstić information content (AvgIpc) is 2.63. The molecule has 2 unspecified atom stereocenters. The maximum absolute atomic E-state index is 12.6. The van der Waals surface area contributed by atoms with Crippen molar-refractivity contribution < 1.29 is 13.2 Å². The zero-order valence-corrected chi connectivity index (χ0v) is 15.8. The summed E-state index contributed by atoms with van der Waals surface area (Å²) < 4.78 is 32.7. The van der Waals surface area contributed by atoms with Gasteiger partial charge in [0, 0.05) is 32.4 Å². The zero-order valence-electron chi connectivity index (χ0n) is 15.0. The van der Waals surface area contributed by atoms with E-state index < -0.39 is 10.0 Å². The second-order valence-corrected chi connectivity index (χ2v) is 8.89. The van der Waals surface area contributed by atoms with E-state index in [9.17, 15) is 8.42 Å². The molecule has 140 valence electrons. The SMILES string of the molecule is CC(Nc1ccc(S(=O)(=O)N2CCCCC2)cn1)C1CN(C)CCO1. The zero-order chi connectivity index (χ0) is 17.9. The van der Waals surface area contributed by atoms with Gasteiger partial charge in [-0.1, -0.05) is 6.42 Å². The topological polar surface area (TPSA) is 74.8 Å². The summed E-state index contributed by atoms with van der Waals surface area (Å²) in [5, 5.41) is 3.32. The minimum absolute atomic E-state index is 0.0947. The lowest BCUT2D eigenvalue weighted by Gasteiger charge is -2.34. The average molecular weight is 369 g/mol. The predicted molar refractivity (Wildman–Crippen MR) is 97.2 cm³/mol. The van der Waals surface area contributed by atoms with Gasteiger partial charge in [-0.25, -0.2) is 13.4 Å². The summed E-state index contributed by atoms with van der Waals surface area (Å²) in [5.74, 6) is 0.668. The summed E-state index contributed by atoms with van der Waals surface area (Å²) in [7, 11) is -1.34. The van der Waals surface area contributed by atoms with Crippen LogP contribution >= 0.6 is 0 Å². The number of nitrogens with zero attached hydrogens (tertiary/aromatic N) is 3. The van der Waals surface area contributed by atoms with E-state index in [0.717, 1.165) is 39.0 Å². The number of morpholine rings is 1. The molecule has 25 heavy (non-hydrogen) atoms. The predicted octanol–water partition coefficient (Wildman–Crippen LogP) is 1.39. The van der Waals surface area contributed by atoms with Crippen molar-refractivity contribution in [3.05, 3.63) is 18.3 Å². The smallest absolute Gasteiger partial charge is 0.244 e. The van der Waals surface area contributed by atoms with Gasteiger partial charge in [-0.05, 0) is 38.9 Å². The van der Waals surface area contributed by atoms with Gasteiger partial charge >= 0.3 is 0 Å². The van der Waals surface area contributed by atoms with Gasteiger partial charge in [0.1, 0.15) is 10.7 Å². The molecule has 1 aromatic heterocycles. The van der Waals surface area contributed by atoms with Crippen LogP contribution in [-0.2, 0) is 14.8 Å². The normalized spacial score (nSPS) is 24.8. The lowest BCUT2D eigenvalue weighted by atomic mass is 10.1. The van der Waals surface area contributed by atoms with Crippen molar-refractivity contribution in [3.63, 3.8) is 0 Å². The fraction of sp³-hybridized carbons (Fsp3) is 0.706. The molecule has 0 bridgehead atoms. The Bertz CT molecular complexity index is 659. The monoisotopic (exact) mass is 368 g/mol. The van der Waals surface area contributed by atoms with Gasteiger partial charge in [-0.2, -0.15) is 4.31 Å². The van der Waals surface area contributed by atoms with Gasteiger partial charge < -0.3 is 15.0 Å². The highest BCUT2D eigenvalue weighted by Crippen LogP contribution is 2.21. The molecule has 1 aromatic rings. The molecule has 0 radical (unpaired) electrons. The van der Waals surface area contributed by atoms with E-state index in [0.29, 0.717) is 18.9 Å². The molecule has 2 aliphatic rings. The van der Waals surface area contributed by atoms with Crippen molar-refractivity contribution in [2.24, 2.45) is 0 Å². The summed E-state index contributed by atoms with van der Waals surface area (Å²) in [6.45, 7) is 5.81. The number of anilines is 1. The summed E-state index contributed by atoms with van der Waals surface area (Å²) in [6, 6.07) is 3.47. The van der Waals surface area contributed by atoms with E-state index in [1.54, 1.807) is 16.4 Å². The molecule has 3 heterocycles. The number of hydrogen-bond acceptors (Lipinski definition) is 6. The molecular formula is C17H28N4O3S. The number of rotatable bonds is 5. The van der Waals surface area contributed by atoms with Crippen LogP contribution in [0.3, 0.4) is 0 Å². The Morgan fingerprint density at radius 1 is 1.24 bits per heavy atom. The van der Waals surface area contributed by atoms with E-state index >= 15 is 0 Å².